The van der Waals surface area contributed by atoms with Crippen molar-refractivity contribution in [3.63, 3.8) is 0 Å². The maximum absolute atomic E-state index is 12.8. The summed E-state index contributed by atoms with van der Waals surface area (Å²) in [7, 11) is 7.93. The van der Waals surface area contributed by atoms with E-state index in [1.165, 1.54) is 0 Å². The Kier molecular flexibility index (Phi) is 12.5. The first-order valence-corrected chi connectivity index (χ1v) is 8.62. The molecule has 0 amide bonds. The lowest BCUT2D eigenvalue weighted by Crippen LogP contribution is -2.20. The van der Waals surface area contributed by atoms with E-state index in [1.54, 1.807) is 30.5 Å². The number of rotatable bonds is 10. The van der Waals surface area contributed by atoms with Crippen LogP contribution in [0.1, 0.15) is 15.9 Å². The highest BCUT2D eigenvalue weighted by Crippen LogP contribution is 2.21. The summed E-state index contributed by atoms with van der Waals surface area (Å²) in [6, 6.07) is 10.6. The minimum Gasteiger partial charge on any atom is -0.492 e. The Hall–Kier alpha value is -1.86. The van der Waals surface area contributed by atoms with Crippen molar-refractivity contribution in [1.29, 1.82) is 0 Å². The zero-order valence-electron chi connectivity index (χ0n) is 16.8. The summed E-state index contributed by atoms with van der Waals surface area (Å²) in [5.41, 5.74) is 1.04. The lowest BCUT2D eigenvalue weighted by atomic mass is 10.0. The van der Waals surface area contributed by atoms with Gasteiger partial charge in [0, 0.05) is 24.8 Å². The zero-order valence-corrected chi connectivity index (χ0v) is 18.4. The molecule has 0 aliphatic carbocycles. The monoisotopic (exact) mass is 429 g/mol. The summed E-state index contributed by atoms with van der Waals surface area (Å²) in [5, 5.41) is 0. The molecule has 0 spiro atoms. The first-order valence-electron chi connectivity index (χ1n) is 8.62. The van der Waals surface area contributed by atoms with Gasteiger partial charge in [0.15, 0.2) is 5.78 Å². The molecule has 0 unspecified atom stereocenters. The predicted octanol–water partition coefficient (Wildman–Crippen LogP) is 3.04. The third-order valence-corrected chi connectivity index (χ3v) is 3.72. The molecule has 2 rings (SSSR count). The number of aromatic nitrogens is 1. The Balaban J connectivity index is 0.00000364. The highest BCUT2D eigenvalue weighted by atomic mass is 35.5. The quantitative estimate of drug-likeness (QED) is 0.541. The van der Waals surface area contributed by atoms with E-state index in [2.05, 4.69) is 9.88 Å². The number of carbonyl (C=O) groups is 1. The van der Waals surface area contributed by atoms with Gasteiger partial charge in [-0.2, -0.15) is 0 Å². The van der Waals surface area contributed by atoms with Gasteiger partial charge >= 0.3 is 0 Å². The van der Waals surface area contributed by atoms with E-state index in [1.807, 2.05) is 45.2 Å². The van der Waals surface area contributed by atoms with Crippen molar-refractivity contribution >= 4 is 30.6 Å². The number of ether oxygens (including phenoxy) is 2. The molecular formula is C20H29Cl2N3O3. The normalized spacial score (nSPS) is 10.2. The van der Waals surface area contributed by atoms with Crippen LogP contribution >= 0.6 is 24.8 Å². The Morgan fingerprint density at radius 2 is 1.46 bits per heavy atom. The molecule has 0 fully saturated rings. The summed E-state index contributed by atoms with van der Waals surface area (Å²) in [6.07, 6.45) is 1.63. The third kappa shape index (κ3) is 8.44. The molecule has 0 radical (unpaired) electrons. The average Bonchev–Trinajstić information content (AvgIpc) is 2.61. The first-order chi connectivity index (χ1) is 12.5. The molecule has 0 atom stereocenters. The molecule has 2 aromatic rings. The number of hydrogen-bond donors (Lipinski definition) is 0. The van der Waals surface area contributed by atoms with Crippen LogP contribution < -0.4 is 9.47 Å². The molecule has 1 aromatic carbocycles. The number of ketones is 1. The van der Waals surface area contributed by atoms with Gasteiger partial charge in [0.1, 0.15) is 19.0 Å². The van der Waals surface area contributed by atoms with Gasteiger partial charge in [-0.15, -0.1) is 24.8 Å². The second kappa shape index (κ2) is 13.3. The highest BCUT2D eigenvalue weighted by Gasteiger charge is 2.16. The van der Waals surface area contributed by atoms with Crippen LogP contribution in [0.3, 0.4) is 0 Å². The van der Waals surface area contributed by atoms with Crippen LogP contribution in [-0.2, 0) is 0 Å². The SMILES string of the molecule is CN(C)CCOc1ccc(C(=O)c2cccnc2OCCN(C)C)cc1.Cl.Cl. The van der Waals surface area contributed by atoms with Gasteiger partial charge < -0.3 is 19.3 Å². The number of nitrogens with zero attached hydrogens (tertiary/aromatic N) is 3. The third-order valence-electron chi connectivity index (χ3n) is 3.72. The van der Waals surface area contributed by atoms with E-state index in [4.69, 9.17) is 9.47 Å². The standard InChI is InChI=1S/C20H27N3O3.2ClH/c1-22(2)12-14-25-17-9-7-16(8-10-17)19(24)18-6-5-11-21-20(18)26-15-13-23(3)4;;/h5-11H,12-15H2,1-4H3;2*1H. The van der Waals surface area contributed by atoms with Crippen LogP contribution in [0.4, 0.5) is 0 Å². The summed E-state index contributed by atoms with van der Waals surface area (Å²) in [5.74, 6) is 1.00. The van der Waals surface area contributed by atoms with Crippen LogP contribution in [0, 0.1) is 0 Å². The molecule has 0 aliphatic heterocycles. The highest BCUT2D eigenvalue weighted by molar-refractivity contribution is 6.10. The minimum atomic E-state index is -0.113. The van der Waals surface area contributed by atoms with Crippen molar-refractivity contribution < 1.29 is 14.3 Å². The fourth-order valence-electron chi connectivity index (χ4n) is 2.21. The van der Waals surface area contributed by atoms with Crippen LogP contribution in [-0.4, -0.2) is 75.1 Å². The molecular weight excluding hydrogens is 401 g/mol. The fraction of sp³-hybridized carbons (Fsp3) is 0.400. The van der Waals surface area contributed by atoms with Crippen LogP contribution in [0.2, 0.25) is 0 Å². The zero-order chi connectivity index (χ0) is 18.9. The van der Waals surface area contributed by atoms with Crippen molar-refractivity contribution in [2.75, 3.05) is 54.5 Å². The van der Waals surface area contributed by atoms with Crippen LogP contribution in [0.5, 0.6) is 11.6 Å². The van der Waals surface area contributed by atoms with Gasteiger partial charge in [0.25, 0.3) is 0 Å². The van der Waals surface area contributed by atoms with E-state index >= 15 is 0 Å². The van der Waals surface area contributed by atoms with Gasteiger partial charge in [0.2, 0.25) is 5.88 Å². The van der Waals surface area contributed by atoms with Crippen molar-refractivity contribution in [1.82, 2.24) is 14.8 Å². The Labute approximate surface area is 179 Å². The molecule has 8 heteroatoms. The van der Waals surface area contributed by atoms with Crippen LogP contribution in [0.15, 0.2) is 42.6 Å². The summed E-state index contributed by atoms with van der Waals surface area (Å²) in [4.78, 5) is 21.1. The predicted molar refractivity (Wildman–Crippen MR) is 117 cm³/mol. The number of halogens is 2. The molecule has 0 saturated carbocycles. The molecule has 156 valence electrons. The van der Waals surface area contributed by atoms with Crippen molar-refractivity contribution in [3.8, 4) is 11.6 Å². The number of hydrogen-bond acceptors (Lipinski definition) is 6. The second-order valence-electron chi connectivity index (χ2n) is 6.51. The molecule has 28 heavy (non-hydrogen) atoms. The van der Waals surface area contributed by atoms with Gasteiger partial charge in [-0.1, -0.05) is 0 Å². The van der Waals surface area contributed by atoms with Gasteiger partial charge in [-0.05, 0) is 64.6 Å². The van der Waals surface area contributed by atoms with Crippen molar-refractivity contribution in [2.45, 2.75) is 0 Å². The second-order valence-corrected chi connectivity index (χ2v) is 6.51. The fourth-order valence-corrected chi connectivity index (χ4v) is 2.21. The van der Waals surface area contributed by atoms with Gasteiger partial charge in [-0.3, -0.25) is 4.79 Å². The largest absolute Gasteiger partial charge is 0.492 e. The summed E-state index contributed by atoms with van der Waals surface area (Å²) >= 11 is 0. The minimum absolute atomic E-state index is 0. The topological polar surface area (TPSA) is 54.9 Å². The molecule has 1 heterocycles. The number of pyridine rings is 1. The first kappa shape index (κ1) is 26.1. The van der Waals surface area contributed by atoms with E-state index in [-0.39, 0.29) is 30.6 Å². The van der Waals surface area contributed by atoms with Gasteiger partial charge in [0.05, 0.1) is 5.56 Å². The molecule has 0 N–H and O–H groups in total. The van der Waals surface area contributed by atoms with Crippen molar-refractivity contribution in [3.05, 3.63) is 53.7 Å². The lowest BCUT2D eigenvalue weighted by Gasteiger charge is -2.13. The maximum atomic E-state index is 12.8. The Bertz CT molecular complexity index is 710. The molecule has 0 aliphatic rings. The maximum Gasteiger partial charge on any atom is 0.224 e. The van der Waals surface area contributed by atoms with Crippen LogP contribution in [0.25, 0.3) is 0 Å². The average molecular weight is 430 g/mol. The smallest absolute Gasteiger partial charge is 0.224 e. The van der Waals surface area contributed by atoms with Crippen molar-refractivity contribution in [2.24, 2.45) is 0 Å². The molecule has 1 aromatic heterocycles. The van der Waals surface area contributed by atoms with E-state index in [0.717, 1.165) is 18.8 Å². The molecule has 6 nitrogen and oxygen atoms in total. The van der Waals surface area contributed by atoms with E-state index < -0.39 is 0 Å². The molecule has 0 bridgehead atoms. The van der Waals surface area contributed by atoms with E-state index in [9.17, 15) is 4.79 Å². The lowest BCUT2D eigenvalue weighted by molar-refractivity contribution is 0.103. The van der Waals surface area contributed by atoms with Gasteiger partial charge in [-0.25, -0.2) is 4.98 Å². The molecule has 0 saturated heterocycles. The summed E-state index contributed by atoms with van der Waals surface area (Å²) < 4.78 is 11.3. The number of carbonyl (C=O) groups excluding carboxylic acids is 1. The van der Waals surface area contributed by atoms with E-state index in [0.29, 0.717) is 30.2 Å². The Morgan fingerprint density at radius 1 is 0.893 bits per heavy atom. The Morgan fingerprint density at radius 3 is 2.04 bits per heavy atom. The number of benzene rings is 1. The summed E-state index contributed by atoms with van der Waals surface area (Å²) in [6.45, 7) is 2.67. The number of likely N-dealkylation sites (N-methyl/N-ethyl adjacent to an activating group) is 2.